The molecule has 8 nitrogen and oxygen atoms in total. The molecule has 4 rings (SSSR count). The van der Waals surface area contributed by atoms with E-state index in [1.165, 1.54) is 10.9 Å². The van der Waals surface area contributed by atoms with Crippen LogP contribution in [0.4, 0.5) is 5.69 Å². The minimum absolute atomic E-state index is 0.155. The second-order valence-corrected chi connectivity index (χ2v) is 7.46. The minimum Gasteiger partial charge on any atom is -0.493 e. The largest absolute Gasteiger partial charge is 0.493 e. The van der Waals surface area contributed by atoms with Crippen molar-refractivity contribution in [2.45, 2.75) is 26.8 Å². The molecule has 0 unspecified atom stereocenters. The summed E-state index contributed by atoms with van der Waals surface area (Å²) in [7, 11) is 3.11. The van der Waals surface area contributed by atoms with E-state index < -0.39 is 0 Å². The highest BCUT2D eigenvalue weighted by molar-refractivity contribution is 6.05. The second-order valence-electron chi connectivity index (χ2n) is 7.46. The molecule has 4 aromatic rings. The van der Waals surface area contributed by atoms with Crippen LogP contribution in [0.25, 0.3) is 21.9 Å². The summed E-state index contributed by atoms with van der Waals surface area (Å²) in [5, 5.41) is 3.68. The Labute approximate surface area is 178 Å². The van der Waals surface area contributed by atoms with Gasteiger partial charge in [0.15, 0.2) is 11.5 Å². The fourth-order valence-corrected chi connectivity index (χ4v) is 3.58. The number of aromatic nitrogens is 3. The van der Waals surface area contributed by atoms with Crippen molar-refractivity contribution in [3.05, 3.63) is 58.1 Å². The third-order valence-corrected chi connectivity index (χ3v) is 5.32. The van der Waals surface area contributed by atoms with Crippen LogP contribution in [0.3, 0.4) is 0 Å². The highest BCUT2D eigenvalue weighted by Crippen LogP contribution is 2.34. The van der Waals surface area contributed by atoms with Gasteiger partial charge in [0, 0.05) is 30.1 Å². The zero-order chi connectivity index (χ0) is 22.1. The number of hydrogen-bond donors (Lipinski definition) is 2. The number of H-pyrrole nitrogens is 1. The lowest BCUT2D eigenvalue weighted by atomic mass is 10.1. The van der Waals surface area contributed by atoms with Crippen molar-refractivity contribution in [3.63, 3.8) is 0 Å². The molecule has 8 heteroatoms. The third kappa shape index (κ3) is 3.84. The van der Waals surface area contributed by atoms with Gasteiger partial charge in [-0.1, -0.05) is 12.1 Å². The number of amides is 1. The molecule has 0 aliphatic rings. The second kappa shape index (κ2) is 8.14. The van der Waals surface area contributed by atoms with Crippen LogP contribution in [-0.2, 0) is 11.3 Å². The Kier molecular flexibility index (Phi) is 5.37. The van der Waals surface area contributed by atoms with E-state index in [1.54, 1.807) is 26.4 Å². The molecule has 1 amide bonds. The zero-order valence-electron chi connectivity index (χ0n) is 17.9. The van der Waals surface area contributed by atoms with E-state index in [9.17, 15) is 9.59 Å². The molecule has 0 saturated carbocycles. The van der Waals surface area contributed by atoms with E-state index in [4.69, 9.17) is 9.47 Å². The number of aryl methyl sites for hydroxylation is 3. The van der Waals surface area contributed by atoms with Crippen LogP contribution in [0.15, 0.2) is 41.5 Å². The number of methoxy groups -OCH3 is 2. The van der Waals surface area contributed by atoms with Crippen molar-refractivity contribution >= 4 is 33.5 Å². The summed E-state index contributed by atoms with van der Waals surface area (Å²) in [6.45, 7) is 4.14. The van der Waals surface area contributed by atoms with Gasteiger partial charge in [0.1, 0.15) is 11.0 Å². The summed E-state index contributed by atoms with van der Waals surface area (Å²) in [4.78, 5) is 33.0. The summed E-state index contributed by atoms with van der Waals surface area (Å²) < 4.78 is 12.1. The summed E-state index contributed by atoms with van der Waals surface area (Å²) in [6.07, 6.45) is 1.63. The number of fused-ring (bicyclic) bond motifs is 3. The molecule has 0 fully saturated rings. The number of aromatic amines is 1. The normalized spacial score (nSPS) is 11.1. The molecule has 2 heterocycles. The number of nitrogens with zero attached hydrogens (tertiary/aromatic N) is 2. The van der Waals surface area contributed by atoms with Crippen LogP contribution >= 0.6 is 0 Å². The van der Waals surface area contributed by atoms with Gasteiger partial charge >= 0.3 is 0 Å². The highest BCUT2D eigenvalue weighted by atomic mass is 16.5. The molecule has 0 bridgehead atoms. The maximum Gasteiger partial charge on any atom is 0.277 e. The average molecular weight is 420 g/mol. The van der Waals surface area contributed by atoms with Gasteiger partial charge in [-0.05, 0) is 37.1 Å². The van der Waals surface area contributed by atoms with Crippen molar-refractivity contribution in [2.24, 2.45) is 0 Å². The molecule has 2 N–H and O–H groups in total. The molecule has 31 heavy (non-hydrogen) atoms. The summed E-state index contributed by atoms with van der Waals surface area (Å²) >= 11 is 0. The van der Waals surface area contributed by atoms with Gasteiger partial charge < -0.3 is 19.8 Å². The zero-order valence-corrected chi connectivity index (χ0v) is 17.9. The number of anilines is 1. The minimum atomic E-state index is -0.237. The molecule has 2 aromatic carbocycles. The van der Waals surface area contributed by atoms with Crippen LogP contribution in [0, 0.1) is 13.8 Å². The van der Waals surface area contributed by atoms with Crippen molar-refractivity contribution < 1.29 is 14.3 Å². The first kappa shape index (κ1) is 20.5. The number of hydrogen-bond acceptors (Lipinski definition) is 5. The predicted molar refractivity (Wildman–Crippen MR) is 120 cm³/mol. The van der Waals surface area contributed by atoms with Crippen LogP contribution in [0.5, 0.6) is 11.5 Å². The first-order valence-corrected chi connectivity index (χ1v) is 9.91. The molecular formula is C23H24N4O4. The average Bonchev–Trinajstić information content (AvgIpc) is 3.13. The summed E-state index contributed by atoms with van der Waals surface area (Å²) in [6, 6.07) is 9.46. The quantitative estimate of drug-likeness (QED) is 0.497. The van der Waals surface area contributed by atoms with Gasteiger partial charge in [0.25, 0.3) is 5.56 Å². The Morgan fingerprint density at radius 2 is 1.87 bits per heavy atom. The van der Waals surface area contributed by atoms with Gasteiger partial charge in [-0.3, -0.25) is 14.2 Å². The Balaban J connectivity index is 1.59. The van der Waals surface area contributed by atoms with E-state index in [1.807, 2.05) is 32.0 Å². The molecule has 0 aliphatic carbocycles. The Morgan fingerprint density at radius 3 is 2.61 bits per heavy atom. The number of nitrogens with one attached hydrogen (secondary N) is 2. The lowest BCUT2D eigenvalue weighted by Gasteiger charge is -2.10. The summed E-state index contributed by atoms with van der Waals surface area (Å²) in [5.74, 6) is 0.960. The topological polar surface area (TPSA) is 98.2 Å². The smallest absolute Gasteiger partial charge is 0.277 e. The van der Waals surface area contributed by atoms with E-state index in [0.717, 1.165) is 27.7 Å². The number of rotatable bonds is 6. The van der Waals surface area contributed by atoms with Crippen molar-refractivity contribution in [2.75, 3.05) is 19.5 Å². The first-order chi connectivity index (χ1) is 14.9. The molecule has 0 radical (unpaired) electrons. The fourth-order valence-electron chi connectivity index (χ4n) is 3.58. The molecule has 2 aromatic heterocycles. The lowest BCUT2D eigenvalue weighted by Crippen LogP contribution is -2.23. The molecule has 160 valence electrons. The Morgan fingerprint density at radius 1 is 1.13 bits per heavy atom. The number of carbonyl (C=O) groups excluding carboxylic acids is 1. The standard InChI is InChI=1S/C23H24N4O4/c1-13-5-6-14(2)16(9-13)25-20(28)7-8-27-12-24-21-15-10-18(30-3)19(31-4)11-17(15)26-22(21)23(27)29/h5-6,9-12,26H,7-8H2,1-4H3,(H,25,28). The van der Waals surface area contributed by atoms with Crippen molar-refractivity contribution in [1.29, 1.82) is 0 Å². The Bertz CT molecular complexity index is 1350. The predicted octanol–water partition coefficient (Wildman–Crippen LogP) is 3.54. The van der Waals surface area contributed by atoms with E-state index >= 15 is 0 Å². The van der Waals surface area contributed by atoms with Crippen LogP contribution in [-0.4, -0.2) is 34.7 Å². The lowest BCUT2D eigenvalue weighted by molar-refractivity contribution is -0.116. The van der Waals surface area contributed by atoms with E-state index in [2.05, 4.69) is 15.3 Å². The van der Waals surface area contributed by atoms with Crippen molar-refractivity contribution in [3.8, 4) is 11.5 Å². The SMILES string of the molecule is COc1cc2[nH]c3c(=O)n(CCC(=O)Nc4cc(C)ccc4C)cnc3c2cc1OC. The third-order valence-electron chi connectivity index (χ3n) is 5.32. The first-order valence-electron chi connectivity index (χ1n) is 9.91. The number of ether oxygens (including phenoxy) is 2. The van der Waals surface area contributed by atoms with Crippen LogP contribution < -0.4 is 20.3 Å². The monoisotopic (exact) mass is 420 g/mol. The van der Waals surface area contributed by atoms with Gasteiger partial charge in [0.05, 0.1) is 26.1 Å². The van der Waals surface area contributed by atoms with Gasteiger partial charge in [-0.2, -0.15) is 0 Å². The molecular weight excluding hydrogens is 396 g/mol. The van der Waals surface area contributed by atoms with E-state index in [0.29, 0.717) is 22.5 Å². The summed E-state index contributed by atoms with van der Waals surface area (Å²) in [5.41, 5.74) is 4.26. The highest BCUT2D eigenvalue weighted by Gasteiger charge is 2.15. The van der Waals surface area contributed by atoms with Gasteiger partial charge in [-0.25, -0.2) is 4.98 Å². The number of carbonyl (C=O) groups is 1. The number of benzene rings is 2. The van der Waals surface area contributed by atoms with E-state index in [-0.39, 0.29) is 24.4 Å². The maximum absolute atomic E-state index is 13.0. The van der Waals surface area contributed by atoms with Crippen molar-refractivity contribution in [1.82, 2.24) is 14.5 Å². The molecule has 0 saturated heterocycles. The van der Waals surface area contributed by atoms with Gasteiger partial charge in [0.2, 0.25) is 5.91 Å². The molecule has 0 atom stereocenters. The van der Waals surface area contributed by atoms with Crippen LogP contribution in [0.1, 0.15) is 17.5 Å². The molecule has 0 aliphatic heterocycles. The van der Waals surface area contributed by atoms with Crippen LogP contribution in [0.2, 0.25) is 0 Å². The molecule has 0 spiro atoms. The fraction of sp³-hybridized carbons (Fsp3) is 0.261. The maximum atomic E-state index is 13.0. The van der Waals surface area contributed by atoms with Gasteiger partial charge in [-0.15, -0.1) is 0 Å². The Hall–Kier alpha value is -3.81.